The molecule has 0 N–H and O–H groups in total. The van der Waals surface area contributed by atoms with Crippen LogP contribution in [0.25, 0.3) is 11.8 Å². The molecule has 1 saturated heterocycles. The Morgan fingerprint density at radius 2 is 1.65 bits per heavy atom. The molecule has 26 heavy (non-hydrogen) atoms. The SMILES string of the molecule is Cc1ccc(-n2cccc2/C=C2/SC(=S)N(c3ccccc3)C2=O)cc1. The van der Waals surface area contributed by atoms with Crippen molar-refractivity contribution in [1.29, 1.82) is 0 Å². The van der Waals surface area contributed by atoms with E-state index in [9.17, 15) is 4.79 Å². The molecule has 4 rings (SSSR count). The second-order valence-corrected chi connectivity index (χ2v) is 7.67. The zero-order valence-electron chi connectivity index (χ0n) is 14.1. The summed E-state index contributed by atoms with van der Waals surface area (Å²) in [5, 5.41) is 0. The summed E-state index contributed by atoms with van der Waals surface area (Å²) >= 11 is 6.77. The summed E-state index contributed by atoms with van der Waals surface area (Å²) in [5.41, 5.74) is 4.02. The van der Waals surface area contributed by atoms with Gasteiger partial charge in [-0.25, -0.2) is 0 Å². The van der Waals surface area contributed by atoms with E-state index in [1.54, 1.807) is 4.90 Å². The van der Waals surface area contributed by atoms with Gasteiger partial charge < -0.3 is 4.57 Å². The van der Waals surface area contributed by atoms with Crippen molar-refractivity contribution < 1.29 is 4.79 Å². The lowest BCUT2D eigenvalue weighted by molar-refractivity contribution is -0.113. The first kappa shape index (κ1) is 16.8. The quantitative estimate of drug-likeness (QED) is 0.464. The number of benzene rings is 2. The van der Waals surface area contributed by atoms with Crippen molar-refractivity contribution in [3.63, 3.8) is 0 Å². The molecule has 128 valence electrons. The Hall–Kier alpha value is -2.63. The van der Waals surface area contributed by atoms with Crippen molar-refractivity contribution in [2.24, 2.45) is 0 Å². The molecule has 3 aromatic rings. The molecule has 0 bridgehead atoms. The third-order valence-corrected chi connectivity index (χ3v) is 5.48. The lowest BCUT2D eigenvalue weighted by Crippen LogP contribution is -2.27. The average molecular weight is 377 g/mol. The third kappa shape index (κ3) is 3.11. The smallest absolute Gasteiger partial charge is 0.270 e. The predicted molar refractivity (Wildman–Crippen MR) is 113 cm³/mol. The van der Waals surface area contributed by atoms with Crippen LogP contribution in [0.1, 0.15) is 11.3 Å². The second kappa shape index (κ2) is 6.94. The van der Waals surface area contributed by atoms with E-state index >= 15 is 0 Å². The molecule has 0 atom stereocenters. The number of amides is 1. The van der Waals surface area contributed by atoms with Gasteiger partial charge in [0.05, 0.1) is 10.6 Å². The monoisotopic (exact) mass is 376 g/mol. The summed E-state index contributed by atoms with van der Waals surface area (Å²) in [6.45, 7) is 2.06. The van der Waals surface area contributed by atoms with E-state index < -0.39 is 0 Å². The van der Waals surface area contributed by atoms with E-state index in [1.165, 1.54) is 17.3 Å². The summed E-state index contributed by atoms with van der Waals surface area (Å²) in [5.74, 6) is -0.0807. The maximum absolute atomic E-state index is 12.9. The summed E-state index contributed by atoms with van der Waals surface area (Å²) < 4.78 is 2.62. The normalized spacial score (nSPS) is 15.9. The lowest BCUT2D eigenvalue weighted by Gasteiger charge is -2.13. The Balaban J connectivity index is 1.68. The van der Waals surface area contributed by atoms with Gasteiger partial charge in [0, 0.05) is 17.6 Å². The maximum Gasteiger partial charge on any atom is 0.270 e. The number of hydrogen-bond donors (Lipinski definition) is 0. The summed E-state index contributed by atoms with van der Waals surface area (Å²) in [6, 6.07) is 21.8. The number of hydrogen-bond acceptors (Lipinski definition) is 3. The number of anilines is 1. The number of para-hydroxylation sites is 1. The molecule has 1 aliphatic heterocycles. The van der Waals surface area contributed by atoms with E-state index in [0.717, 1.165) is 17.1 Å². The van der Waals surface area contributed by atoms with Crippen molar-refractivity contribution in [1.82, 2.24) is 4.57 Å². The predicted octanol–water partition coefficient (Wildman–Crippen LogP) is 5.19. The molecule has 2 heterocycles. The van der Waals surface area contributed by atoms with Crippen LogP contribution in [0, 0.1) is 6.92 Å². The van der Waals surface area contributed by atoms with Crippen molar-refractivity contribution in [3.8, 4) is 5.69 Å². The largest absolute Gasteiger partial charge is 0.317 e. The van der Waals surface area contributed by atoms with Gasteiger partial charge in [-0.05, 0) is 49.4 Å². The van der Waals surface area contributed by atoms with Crippen LogP contribution in [0.5, 0.6) is 0 Å². The molecule has 2 aromatic carbocycles. The summed E-state index contributed by atoms with van der Waals surface area (Å²) in [4.78, 5) is 15.1. The Bertz CT molecular complexity index is 1000. The topological polar surface area (TPSA) is 25.2 Å². The molecule has 0 unspecified atom stereocenters. The number of aromatic nitrogens is 1. The van der Waals surface area contributed by atoms with Gasteiger partial charge in [0.15, 0.2) is 4.32 Å². The van der Waals surface area contributed by atoms with Crippen molar-refractivity contribution in [2.75, 3.05) is 4.90 Å². The fourth-order valence-corrected chi connectivity index (χ4v) is 4.14. The third-order valence-electron chi connectivity index (χ3n) is 4.18. The van der Waals surface area contributed by atoms with Gasteiger partial charge in [0.2, 0.25) is 0 Å². The van der Waals surface area contributed by atoms with Gasteiger partial charge in [0.25, 0.3) is 5.91 Å². The first-order valence-corrected chi connectivity index (χ1v) is 9.43. The number of thiocarbonyl (C=S) groups is 1. The minimum absolute atomic E-state index is 0.0807. The number of nitrogens with zero attached hydrogens (tertiary/aromatic N) is 2. The average Bonchev–Trinajstić information content (AvgIpc) is 3.21. The lowest BCUT2D eigenvalue weighted by atomic mass is 10.2. The van der Waals surface area contributed by atoms with Crippen LogP contribution in [0.15, 0.2) is 77.8 Å². The zero-order chi connectivity index (χ0) is 18.1. The highest BCUT2D eigenvalue weighted by molar-refractivity contribution is 8.27. The fraction of sp³-hybridized carbons (Fsp3) is 0.0476. The highest BCUT2D eigenvalue weighted by atomic mass is 32.2. The second-order valence-electron chi connectivity index (χ2n) is 5.99. The van der Waals surface area contributed by atoms with Crippen molar-refractivity contribution in [2.45, 2.75) is 6.92 Å². The molecular formula is C21H16N2OS2. The van der Waals surface area contributed by atoms with Crippen LogP contribution in [0.4, 0.5) is 5.69 Å². The van der Waals surface area contributed by atoms with Crippen LogP contribution in [-0.2, 0) is 4.79 Å². The summed E-state index contributed by atoms with van der Waals surface area (Å²) in [7, 11) is 0. The van der Waals surface area contributed by atoms with Gasteiger partial charge in [-0.15, -0.1) is 0 Å². The van der Waals surface area contributed by atoms with Crippen LogP contribution in [-0.4, -0.2) is 14.8 Å². The molecule has 1 aromatic heterocycles. The summed E-state index contributed by atoms with van der Waals surface area (Å²) in [6.07, 6.45) is 3.90. The highest BCUT2D eigenvalue weighted by Gasteiger charge is 2.33. The van der Waals surface area contributed by atoms with Crippen molar-refractivity contribution in [3.05, 3.63) is 89.1 Å². The van der Waals surface area contributed by atoms with Crippen LogP contribution in [0.2, 0.25) is 0 Å². The number of rotatable bonds is 3. The Labute approximate surface area is 161 Å². The minimum Gasteiger partial charge on any atom is -0.317 e. The van der Waals surface area contributed by atoms with Gasteiger partial charge >= 0.3 is 0 Å². The van der Waals surface area contributed by atoms with Crippen molar-refractivity contribution >= 4 is 46.0 Å². The van der Waals surface area contributed by atoms with E-state index in [4.69, 9.17) is 12.2 Å². The van der Waals surface area contributed by atoms with Crippen LogP contribution in [0.3, 0.4) is 0 Å². The van der Waals surface area contributed by atoms with E-state index in [0.29, 0.717) is 9.23 Å². The first-order chi connectivity index (χ1) is 12.6. The molecular weight excluding hydrogens is 360 g/mol. The van der Waals surface area contributed by atoms with E-state index in [1.807, 2.05) is 54.7 Å². The maximum atomic E-state index is 12.9. The first-order valence-electron chi connectivity index (χ1n) is 8.21. The van der Waals surface area contributed by atoms with E-state index in [-0.39, 0.29) is 5.91 Å². The Kier molecular flexibility index (Phi) is 4.49. The highest BCUT2D eigenvalue weighted by Crippen LogP contribution is 2.36. The Morgan fingerprint density at radius 3 is 2.38 bits per heavy atom. The standard InChI is InChI=1S/C21H16N2OS2/c1-15-9-11-16(12-10-15)22-13-5-8-18(22)14-19-20(24)23(21(25)26-19)17-6-3-2-4-7-17/h2-14H,1H3/b19-14+. The molecule has 3 nitrogen and oxygen atoms in total. The van der Waals surface area contributed by atoms with Gasteiger partial charge in [0.1, 0.15) is 0 Å². The number of carbonyl (C=O) groups excluding carboxylic acids is 1. The van der Waals surface area contributed by atoms with Crippen LogP contribution < -0.4 is 4.90 Å². The molecule has 0 spiro atoms. The minimum atomic E-state index is -0.0807. The molecule has 0 aliphatic carbocycles. The number of carbonyl (C=O) groups is 1. The zero-order valence-corrected chi connectivity index (χ0v) is 15.8. The Morgan fingerprint density at radius 1 is 0.923 bits per heavy atom. The molecule has 1 aliphatic rings. The fourth-order valence-electron chi connectivity index (χ4n) is 2.85. The molecule has 5 heteroatoms. The van der Waals surface area contributed by atoms with Gasteiger partial charge in [-0.2, -0.15) is 0 Å². The number of thioether (sulfide) groups is 1. The molecule has 1 amide bonds. The van der Waals surface area contributed by atoms with Gasteiger partial charge in [-0.1, -0.05) is 59.9 Å². The molecule has 0 saturated carbocycles. The molecule has 0 radical (unpaired) electrons. The number of aryl methyl sites for hydroxylation is 1. The van der Waals surface area contributed by atoms with Gasteiger partial charge in [-0.3, -0.25) is 9.69 Å². The molecule has 1 fully saturated rings. The van der Waals surface area contributed by atoms with E-state index in [2.05, 4.69) is 35.8 Å². The van der Waals surface area contributed by atoms with Crippen LogP contribution >= 0.6 is 24.0 Å².